The molecule has 0 bridgehead atoms. The summed E-state index contributed by atoms with van der Waals surface area (Å²) in [4.78, 5) is 62.8. The average molecular weight is 856 g/mol. The molecule has 2 atom stereocenters. The Kier molecular flexibility index (Phi) is 57.9. The van der Waals surface area contributed by atoms with Crippen molar-refractivity contribution in [2.45, 2.75) is 204 Å². The summed E-state index contributed by atoms with van der Waals surface area (Å²) >= 11 is 0. The second-order valence-corrected chi connectivity index (χ2v) is 13.9. The number of aryl methyl sites for hydroxylation is 1. The second-order valence-electron chi connectivity index (χ2n) is 13.9. The van der Waals surface area contributed by atoms with Crippen LogP contribution in [0.25, 0.3) is 0 Å². The Morgan fingerprint density at radius 1 is 0.550 bits per heavy atom. The number of aliphatic carboxylic acids is 1. The quantitative estimate of drug-likeness (QED) is 0.0512. The first-order valence-electron chi connectivity index (χ1n) is 22.6. The predicted octanol–water partition coefficient (Wildman–Crippen LogP) is 11.0. The molecule has 0 aliphatic heterocycles. The molecular formula is C48H87O12. The van der Waals surface area contributed by atoms with Crippen LogP contribution in [0.4, 0.5) is 0 Å². The molecule has 0 aliphatic rings. The maximum atomic E-state index is 11.0. The lowest BCUT2D eigenvalue weighted by Gasteiger charge is -2.05. The van der Waals surface area contributed by atoms with Crippen LogP contribution in [0.15, 0.2) is 24.3 Å². The zero-order chi connectivity index (χ0) is 46.8. The number of carboxylic acids is 1. The standard InChI is InChI=1S/C14H28O2.C9H11.C7H12O3.C7H14O2.C6H12O2.C5H10O3/c1-3-5-6-7-8-9-10-11-12-13-14(15)16-4-2;1-2-6-9-7-4-3-5-8-9;1-3-10-7(9)5-4-6(2)8;1-4-6(3)7(8)9-5-2;1-2-3-4-5-6(7)8;1-3-8-5(7)4(2)6/h3-13H2,1-2H3;4-5,7-8H,2,6H2,1H3;3-5H2,1-2H3;6H,4-5H2,1-3H3;2-5H2,1H3,(H,7,8);4,6H,3H2,1-2H3. The molecule has 0 amide bonds. The summed E-state index contributed by atoms with van der Waals surface area (Å²) in [7, 11) is 0. The highest BCUT2D eigenvalue weighted by atomic mass is 16.5. The summed E-state index contributed by atoms with van der Waals surface area (Å²) < 4.78 is 18.6. The number of Topliss-reactive ketones (excluding diaryl/α,β-unsaturated/α-hetero) is 1. The molecule has 2 N–H and O–H groups in total. The minimum absolute atomic E-state index is 0.0213. The van der Waals surface area contributed by atoms with Gasteiger partial charge < -0.3 is 34.0 Å². The summed E-state index contributed by atoms with van der Waals surface area (Å²) in [6.07, 6.45) is 18.3. The normalized spacial score (nSPS) is 10.5. The molecule has 60 heavy (non-hydrogen) atoms. The van der Waals surface area contributed by atoms with E-state index in [1.807, 2.05) is 39.8 Å². The summed E-state index contributed by atoms with van der Waals surface area (Å²) in [6, 6.07) is 11.1. The van der Waals surface area contributed by atoms with Crippen LogP contribution < -0.4 is 0 Å². The van der Waals surface area contributed by atoms with Crippen molar-refractivity contribution < 1.29 is 57.9 Å². The highest BCUT2D eigenvalue weighted by Gasteiger charge is 2.10. The van der Waals surface area contributed by atoms with Crippen molar-refractivity contribution in [3.05, 3.63) is 35.9 Å². The third-order valence-electron chi connectivity index (χ3n) is 8.03. The Morgan fingerprint density at radius 3 is 1.35 bits per heavy atom. The number of carbonyl (C=O) groups is 6. The van der Waals surface area contributed by atoms with Gasteiger partial charge in [0.2, 0.25) is 0 Å². The Bertz CT molecular complexity index is 1120. The van der Waals surface area contributed by atoms with E-state index in [0.717, 1.165) is 32.1 Å². The van der Waals surface area contributed by atoms with Gasteiger partial charge in [-0.15, -0.1) is 0 Å². The Morgan fingerprint density at radius 2 is 0.967 bits per heavy atom. The van der Waals surface area contributed by atoms with Crippen molar-refractivity contribution in [1.82, 2.24) is 0 Å². The van der Waals surface area contributed by atoms with Gasteiger partial charge in [0.25, 0.3) is 0 Å². The Labute approximate surface area is 365 Å². The highest BCUT2D eigenvalue weighted by Crippen LogP contribution is 2.11. The molecule has 1 aromatic rings. The van der Waals surface area contributed by atoms with Crippen molar-refractivity contribution in [1.29, 1.82) is 0 Å². The maximum absolute atomic E-state index is 11.0. The van der Waals surface area contributed by atoms with E-state index in [1.54, 1.807) is 13.8 Å². The molecule has 0 saturated carbocycles. The van der Waals surface area contributed by atoms with Gasteiger partial charge in [-0.3, -0.25) is 19.2 Å². The number of esters is 4. The smallest absolute Gasteiger partial charge is 0.334 e. The van der Waals surface area contributed by atoms with Gasteiger partial charge in [0.15, 0.2) is 0 Å². The predicted molar refractivity (Wildman–Crippen MR) is 240 cm³/mol. The Balaban J connectivity index is -0.000000206. The number of aliphatic hydroxyl groups excluding tert-OH is 1. The van der Waals surface area contributed by atoms with E-state index in [4.69, 9.17) is 19.7 Å². The number of aliphatic hydroxyl groups is 1. The number of hydrogen-bond donors (Lipinski definition) is 2. The zero-order valence-electron chi connectivity index (χ0n) is 39.7. The van der Waals surface area contributed by atoms with Gasteiger partial charge in [-0.1, -0.05) is 130 Å². The number of carbonyl (C=O) groups excluding carboxylic acids is 5. The molecule has 0 aliphatic carbocycles. The van der Waals surface area contributed by atoms with Gasteiger partial charge in [0.05, 0.1) is 38.8 Å². The van der Waals surface area contributed by atoms with Crippen LogP contribution in [-0.2, 0) is 54.1 Å². The van der Waals surface area contributed by atoms with E-state index < -0.39 is 18.0 Å². The second kappa shape index (κ2) is 53.2. The van der Waals surface area contributed by atoms with E-state index in [2.05, 4.69) is 48.4 Å². The first-order chi connectivity index (χ1) is 28.6. The van der Waals surface area contributed by atoms with Crippen LogP contribution in [0.2, 0.25) is 0 Å². The van der Waals surface area contributed by atoms with Gasteiger partial charge in [0.1, 0.15) is 11.9 Å². The monoisotopic (exact) mass is 856 g/mol. The minimum atomic E-state index is -0.991. The molecule has 0 fully saturated rings. The van der Waals surface area contributed by atoms with E-state index in [1.165, 1.54) is 83.6 Å². The Hall–Kier alpha value is -3.80. The molecule has 0 heterocycles. The summed E-state index contributed by atoms with van der Waals surface area (Å²) in [5.74, 6) is -1.58. The fourth-order valence-electron chi connectivity index (χ4n) is 4.44. The van der Waals surface area contributed by atoms with Crippen LogP contribution in [-0.4, -0.2) is 78.4 Å². The number of carboxylic acid groups (broad SMARTS) is 1. The number of ketones is 1. The maximum Gasteiger partial charge on any atom is 0.334 e. The fourth-order valence-corrected chi connectivity index (χ4v) is 4.44. The molecule has 2 unspecified atom stereocenters. The van der Waals surface area contributed by atoms with Gasteiger partial charge in [-0.05, 0) is 78.9 Å². The third kappa shape index (κ3) is 60.9. The molecule has 0 spiro atoms. The van der Waals surface area contributed by atoms with Crippen molar-refractivity contribution in [3.63, 3.8) is 0 Å². The topological polar surface area (TPSA) is 180 Å². The molecule has 12 heteroatoms. The van der Waals surface area contributed by atoms with Crippen LogP contribution in [0, 0.1) is 12.0 Å². The van der Waals surface area contributed by atoms with Gasteiger partial charge in [-0.25, -0.2) is 4.79 Å². The first-order valence-corrected chi connectivity index (χ1v) is 22.6. The van der Waals surface area contributed by atoms with Gasteiger partial charge in [0, 0.05) is 19.3 Å². The summed E-state index contributed by atoms with van der Waals surface area (Å²) in [6.45, 7) is 22.0. The molecule has 1 aromatic carbocycles. The van der Waals surface area contributed by atoms with E-state index in [9.17, 15) is 28.8 Å². The molecule has 0 saturated heterocycles. The summed E-state index contributed by atoms with van der Waals surface area (Å²) in [5, 5.41) is 16.6. The number of rotatable bonds is 26. The average Bonchev–Trinajstić information content (AvgIpc) is 3.21. The van der Waals surface area contributed by atoms with Crippen LogP contribution in [0.3, 0.4) is 0 Å². The van der Waals surface area contributed by atoms with Crippen LogP contribution in [0.5, 0.6) is 0 Å². The lowest BCUT2D eigenvalue weighted by molar-refractivity contribution is -0.152. The molecule has 12 nitrogen and oxygen atoms in total. The van der Waals surface area contributed by atoms with Crippen molar-refractivity contribution >= 4 is 35.6 Å². The van der Waals surface area contributed by atoms with Gasteiger partial charge >= 0.3 is 29.8 Å². The highest BCUT2D eigenvalue weighted by molar-refractivity contribution is 5.81. The SMILES string of the molecule is CCCCCC(=O)O.CCCCCCCCCCCC(=O)OCC.CCCc1cc[c]cc1.CCOC(=O)C(C)CC.CCOC(=O)C(C)O.CCOC(=O)CCC(C)=O. The number of benzene rings is 1. The molecular weight excluding hydrogens is 769 g/mol. The van der Waals surface area contributed by atoms with Crippen LogP contribution >= 0.6 is 0 Å². The van der Waals surface area contributed by atoms with Crippen molar-refractivity contribution in [2.24, 2.45) is 5.92 Å². The molecule has 1 radical (unpaired) electrons. The van der Waals surface area contributed by atoms with Crippen molar-refractivity contribution in [2.75, 3.05) is 26.4 Å². The minimum Gasteiger partial charge on any atom is -0.481 e. The number of ether oxygens (including phenoxy) is 4. The van der Waals surface area contributed by atoms with E-state index in [0.29, 0.717) is 45.7 Å². The number of unbranched alkanes of at least 4 members (excludes halogenated alkanes) is 10. The number of hydrogen-bond acceptors (Lipinski definition) is 11. The van der Waals surface area contributed by atoms with Crippen molar-refractivity contribution in [3.8, 4) is 0 Å². The van der Waals surface area contributed by atoms with Crippen LogP contribution in [0.1, 0.15) is 197 Å². The lowest BCUT2D eigenvalue weighted by Crippen LogP contribution is -2.18. The largest absolute Gasteiger partial charge is 0.481 e. The lowest BCUT2D eigenvalue weighted by atomic mass is 10.1. The molecule has 351 valence electrons. The molecule has 0 aromatic heterocycles. The summed E-state index contributed by atoms with van der Waals surface area (Å²) in [5.41, 5.74) is 1.41. The third-order valence-corrected chi connectivity index (χ3v) is 8.03. The zero-order valence-corrected chi connectivity index (χ0v) is 39.7. The van der Waals surface area contributed by atoms with E-state index in [-0.39, 0.29) is 36.0 Å². The molecule has 1 rings (SSSR count). The fraction of sp³-hybridized carbons (Fsp3) is 0.750. The van der Waals surface area contributed by atoms with Gasteiger partial charge in [-0.2, -0.15) is 0 Å². The first kappa shape index (κ1) is 65.3. The van der Waals surface area contributed by atoms with E-state index >= 15 is 0 Å².